The maximum absolute atomic E-state index is 13.7. The van der Waals surface area contributed by atoms with E-state index in [1.807, 2.05) is 95.3 Å². The molecular formula is C44H60Br2N4O2. The summed E-state index contributed by atoms with van der Waals surface area (Å²) in [4.78, 5) is 31.4. The zero-order valence-electron chi connectivity index (χ0n) is 31.5. The topological polar surface area (TPSA) is 48.4 Å². The van der Waals surface area contributed by atoms with Gasteiger partial charge in [-0.25, -0.2) is 9.13 Å². The molecule has 282 valence electrons. The summed E-state index contributed by atoms with van der Waals surface area (Å²) in [5.41, 5.74) is 3.76. The number of amides is 2. The normalized spacial score (nSPS) is 10.6. The van der Waals surface area contributed by atoms with Crippen LogP contribution in [0.4, 0.5) is 0 Å². The first-order valence-corrected chi connectivity index (χ1v) is 19.2. The molecule has 0 saturated carbocycles. The molecule has 0 aliphatic heterocycles. The van der Waals surface area contributed by atoms with E-state index in [9.17, 15) is 9.59 Å². The second kappa shape index (κ2) is 26.4. The quantitative estimate of drug-likeness (QED) is 0.0854. The van der Waals surface area contributed by atoms with Crippen molar-refractivity contribution < 1.29 is 52.7 Å². The number of hydrogen-bond donors (Lipinski definition) is 0. The monoisotopic (exact) mass is 834 g/mol. The minimum absolute atomic E-state index is 0. The van der Waals surface area contributed by atoms with Gasteiger partial charge in [0.25, 0.3) is 11.8 Å². The van der Waals surface area contributed by atoms with Crippen LogP contribution in [0.25, 0.3) is 0 Å². The van der Waals surface area contributed by atoms with Gasteiger partial charge in [0.15, 0.2) is 24.8 Å². The van der Waals surface area contributed by atoms with Gasteiger partial charge in [-0.3, -0.25) is 9.59 Å². The zero-order chi connectivity index (χ0) is 35.2. The molecule has 0 spiro atoms. The maximum Gasteiger partial charge on any atom is 0.254 e. The van der Waals surface area contributed by atoms with E-state index in [4.69, 9.17) is 0 Å². The third kappa shape index (κ3) is 16.1. The van der Waals surface area contributed by atoms with Crippen LogP contribution in [0.15, 0.2) is 110 Å². The van der Waals surface area contributed by atoms with Crippen LogP contribution >= 0.6 is 0 Å². The van der Waals surface area contributed by atoms with Gasteiger partial charge < -0.3 is 43.8 Å². The number of pyridine rings is 2. The fraction of sp³-hybridized carbons (Fsp3) is 0.455. The summed E-state index contributed by atoms with van der Waals surface area (Å²) in [6.07, 6.45) is 21.8. The van der Waals surface area contributed by atoms with Gasteiger partial charge in [0.1, 0.15) is 13.1 Å². The van der Waals surface area contributed by atoms with Crippen molar-refractivity contribution in [2.24, 2.45) is 0 Å². The van der Waals surface area contributed by atoms with Crippen molar-refractivity contribution >= 4 is 11.8 Å². The van der Waals surface area contributed by atoms with Crippen LogP contribution in [0.1, 0.15) is 123 Å². The molecule has 2 amide bonds. The highest BCUT2D eigenvalue weighted by Gasteiger charge is 2.19. The summed E-state index contributed by atoms with van der Waals surface area (Å²) in [6, 6.07) is 28.4. The van der Waals surface area contributed by atoms with E-state index in [1.165, 1.54) is 38.5 Å². The molecule has 4 aromatic rings. The number of carbonyl (C=O) groups is 2. The molecule has 0 atom stereocenters. The molecule has 0 unspecified atom stereocenters. The Kier molecular flexibility index (Phi) is 22.8. The van der Waals surface area contributed by atoms with E-state index in [1.54, 1.807) is 0 Å². The Balaban J connectivity index is 0.00000468. The number of unbranched alkanes of at least 4 members (excludes halogenated alkanes) is 9. The second-order valence-electron chi connectivity index (χ2n) is 13.6. The van der Waals surface area contributed by atoms with Gasteiger partial charge in [-0.05, 0) is 36.8 Å². The van der Waals surface area contributed by atoms with Gasteiger partial charge in [0.2, 0.25) is 0 Å². The van der Waals surface area contributed by atoms with Crippen molar-refractivity contribution in [3.8, 4) is 0 Å². The number of nitrogens with zero attached hydrogens (tertiary/aromatic N) is 4. The lowest BCUT2D eigenvalue weighted by Gasteiger charge is -2.24. The number of aryl methyl sites for hydroxylation is 2. The molecule has 0 N–H and O–H groups in total. The Bertz CT molecular complexity index is 1400. The van der Waals surface area contributed by atoms with E-state index in [0.717, 1.165) is 73.9 Å². The van der Waals surface area contributed by atoms with Crippen LogP contribution < -0.4 is 43.1 Å². The largest absolute Gasteiger partial charge is 1.00 e. The van der Waals surface area contributed by atoms with Crippen LogP contribution in [0, 0.1) is 0 Å². The Labute approximate surface area is 334 Å². The predicted molar refractivity (Wildman–Crippen MR) is 202 cm³/mol. The molecule has 0 radical (unpaired) electrons. The number of benzene rings is 2. The third-order valence-corrected chi connectivity index (χ3v) is 9.43. The Morgan fingerprint density at radius 3 is 1.15 bits per heavy atom. The first-order chi connectivity index (χ1) is 24.6. The second-order valence-corrected chi connectivity index (χ2v) is 13.6. The minimum atomic E-state index is 0. The zero-order valence-corrected chi connectivity index (χ0v) is 34.7. The van der Waals surface area contributed by atoms with E-state index >= 15 is 0 Å². The summed E-state index contributed by atoms with van der Waals surface area (Å²) in [6.45, 7) is 9.04. The molecule has 0 saturated heterocycles. The van der Waals surface area contributed by atoms with Crippen molar-refractivity contribution in [1.29, 1.82) is 0 Å². The standard InChI is InChI=1S/C44H60N4O2.2BrH/c1-3-5-7-17-29-45-33-25-41(26-34-45)43(49)47(37-39-21-13-11-14-22-39)31-19-9-10-20-32-48(38-40-23-15-12-16-24-40)44(50)42-27-35-46(36-28-42)30-18-8-6-4-2;;/h11-16,21-28,33-36H,3-10,17-20,29-32,37-38H2,1-2H3;2*1H/q+2;;/p-2. The molecule has 2 heterocycles. The Hall–Kier alpha value is -3.36. The van der Waals surface area contributed by atoms with Gasteiger partial charge in [-0.1, -0.05) is 113 Å². The van der Waals surface area contributed by atoms with Crippen molar-refractivity contribution in [2.45, 2.75) is 117 Å². The van der Waals surface area contributed by atoms with E-state index in [2.05, 4.69) is 47.2 Å². The van der Waals surface area contributed by atoms with Crippen LogP contribution in [-0.2, 0) is 26.2 Å². The maximum atomic E-state index is 13.7. The van der Waals surface area contributed by atoms with Gasteiger partial charge in [-0.15, -0.1) is 0 Å². The molecule has 0 aliphatic rings. The molecule has 52 heavy (non-hydrogen) atoms. The lowest BCUT2D eigenvalue weighted by Crippen LogP contribution is -3.00. The van der Waals surface area contributed by atoms with E-state index < -0.39 is 0 Å². The molecule has 0 aliphatic carbocycles. The molecule has 8 heteroatoms. The highest BCUT2D eigenvalue weighted by Crippen LogP contribution is 2.15. The van der Waals surface area contributed by atoms with Gasteiger partial charge >= 0.3 is 0 Å². The summed E-state index contributed by atoms with van der Waals surface area (Å²) in [5, 5.41) is 0. The first-order valence-electron chi connectivity index (χ1n) is 19.2. The van der Waals surface area contributed by atoms with Crippen molar-refractivity contribution in [3.63, 3.8) is 0 Å². The predicted octanol–water partition coefficient (Wildman–Crippen LogP) is 2.98. The first kappa shape index (κ1) is 44.8. The average molecular weight is 837 g/mol. The number of halogens is 2. The molecule has 2 aromatic heterocycles. The Morgan fingerprint density at radius 1 is 0.462 bits per heavy atom. The summed E-state index contributed by atoms with van der Waals surface area (Å²) >= 11 is 0. The number of rotatable bonds is 23. The Morgan fingerprint density at radius 2 is 0.808 bits per heavy atom. The fourth-order valence-corrected chi connectivity index (χ4v) is 6.38. The van der Waals surface area contributed by atoms with Crippen molar-refractivity contribution in [1.82, 2.24) is 9.80 Å². The smallest absolute Gasteiger partial charge is 0.254 e. The molecule has 4 rings (SSSR count). The van der Waals surface area contributed by atoms with Gasteiger partial charge in [0, 0.05) is 63.3 Å². The fourth-order valence-electron chi connectivity index (χ4n) is 6.38. The minimum Gasteiger partial charge on any atom is -1.00 e. The number of carbonyl (C=O) groups excluding carboxylic acids is 2. The van der Waals surface area contributed by atoms with Crippen LogP contribution in [0.5, 0.6) is 0 Å². The molecule has 2 aromatic carbocycles. The van der Waals surface area contributed by atoms with Crippen LogP contribution in [0.3, 0.4) is 0 Å². The summed E-state index contributed by atoms with van der Waals surface area (Å²) < 4.78 is 4.37. The summed E-state index contributed by atoms with van der Waals surface area (Å²) in [5.74, 6) is 0.161. The molecule has 6 nitrogen and oxygen atoms in total. The SMILES string of the molecule is CCCCCC[n+]1ccc(C(=O)N(CCCCCCN(Cc2ccccc2)C(=O)c2cc[n+](CCCCCC)cc2)Cc2ccccc2)cc1.[Br-].[Br-]. The van der Waals surface area contributed by atoms with E-state index in [0.29, 0.717) is 26.2 Å². The highest BCUT2D eigenvalue weighted by molar-refractivity contribution is 5.94. The molecular weight excluding hydrogens is 776 g/mol. The lowest BCUT2D eigenvalue weighted by atomic mass is 10.1. The number of aromatic nitrogens is 2. The lowest BCUT2D eigenvalue weighted by molar-refractivity contribution is -0.697. The van der Waals surface area contributed by atoms with Crippen molar-refractivity contribution in [2.75, 3.05) is 13.1 Å². The third-order valence-electron chi connectivity index (χ3n) is 9.43. The average Bonchev–Trinajstić information content (AvgIpc) is 3.16. The summed E-state index contributed by atoms with van der Waals surface area (Å²) in [7, 11) is 0. The molecule has 0 bridgehead atoms. The van der Waals surface area contributed by atoms with Crippen LogP contribution in [-0.4, -0.2) is 34.7 Å². The van der Waals surface area contributed by atoms with Gasteiger partial charge in [-0.2, -0.15) is 0 Å². The van der Waals surface area contributed by atoms with Crippen LogP contribution in [0.2, 0.25) is 0 Å². The van der Waals surface area contributed by atoms with E-state index in [-0.39, 0.29) is 45.8 Å². The van der Waals surface area contributed by atoms with Gasteiger partial charge in [0.05, 0.1) is 11.1 Å². The highest BCUT2D eigenvalue weighted by atomic mass is 79.9. The van der Waals surface area contributed by atoms with Crippen molar-refractivity contribution in [3.05, 3.63) is 132 Å². The number of hydrogen-bond acceptors (Lipinski definition) is 2. The molecule has 0 fully saturated rings.